The molecule has 0 unspecified atom stereocenters. The summed E-state index contributed by atoms with van der Waals surface area (Å²) in [5, 5.41) is 2.20. The standard InChI is InChI=1S/C20H13BrClF3N2O3S/c21-13-6-8-14(9-7-13)31(29,30)27-17-4-2-1-3-15(17)19(28)26-18-11-12(20(23,24)25)5-10-16(18)22/h1-11,27H,(H,26,28). The second kappa shape index (κ2) is 8.89. The predicted octanol–water partition coefficient (Wildman–Crippen LogP) is 6.17. The van der Waals surface area contributed by atoms with Crippen molar-refractivity contribution in [3.8, 4) is 0 Å². The van der Waals surface area contributed by atoms with E-state index in [1.54, 1.807) is 12.1 Å². The summed E-state index contributed by atoms with van der Waals surface area (Å²) in [5.41, 5.74) is -1.40. The van der Waals surface area contributed by atoms with Gasteiger partial charge in [-0.3, -0.25) is 9.52 Å². The van der Waals surface area contributed by atoms with Gasteiger partial charge in [0.25, 0.3) is 15.9 Å². The van der Waals surface area contributed by atoms with Crippen molar-refractivity contribution in [3.63, 3.8) is 0 Å². The summed E-state index contributed by atoms with van der Waals surface area (Å²) in [6.07, 6.45) is -4.62. The summed E-state index contributed by atoms with van der Waals surface area (Å²) < 4.78 is 67.2. The monoisotopic (exact) mass is 532 g/mol. The van der Waals surface area contributed by atoms with E-state index in [1.807, 2.05) is 0 Å². The molecule has 162 valence electrons. The Morgan fingerprint density at radius 3 is 2.23 bits per heavy atom. The molecule has 2 N–H and O–H groups in total. The van der Waals surface area contributed by atoms with Gasteiger partial charge in [-0.25, -0.2) is 8.42 Å². The topological polar surface area (TPSA) is 75.3 Å². The van der Waals surface area contributed by atoms with Gasteiger partial charge in [0, 0.05) is 4.47 Å². The first kappa shape index (κ1) is 23.1. The number of hydrogen-bond donors (Lipinski definition) is 2. The van der Waals surface area contributed by atoms with Gasteiger partial charge in [-0.15, -0.1) is 0 Å². The van der Waals surface area contributed by atoms with Crippen molar-refractivity contribution in [1.29, 1.82) is 0 Å². The van der Waals surface area contributed by atoms with Gasteiger partial charge in [0.15, 0.2) is 0 Å². The predicted molar refractivity (Wildman–Crippen MR) is 116 cm³/mol. The fourth-order valence-corrected chi connectivity index (χ4v) is 4.08. The van der Waals surface area contributed by atoms with Crippen LogP contribution in [0.4, 0.5) is 24.5 Å². The van der Waals surface area contributed by atoms with Crippen LogP contribution >= 0.6 is 27.5 Å². The molecule has 0 heterocycles. The average molecular weight is 534 g/mol. The highest BCUT2D eigenvalue weighted by atomic mass is 79.9. The molecule has 0 atom stereocenters. The Morgan fingerprint density at radius 1 is 0.935 bits per heavy atom. The van der Waals surface area contributed by atoms with Crippen molar-refractivity contribution in [1.82, 2.24) is 0 Å². The molecular formula is C20H13BrClF3N2O3S. The molecule has 0 spiro atoms. The molecule has 0 fully saturated rings. The average Bonchev–Trinajstić information content (AvgIpc) is 2.69. The lowest BCUT2D eigenvalue weighted by Gasteiger charge is -2.14. The summed E-state index contributed by atoms with van der Waals surface area (Å²) in [4.78, 5) is 12.7. The first-order valence-corrected chi connectivity index (χ1v) is 11.2. The highest BCUT2D eigenvalue weighted by molar-refractivity contribution is 9.10. The van der Waals surface area contributed by atoms with E-state index < -0.39 is 27.7 Å². The van der Waals surface area contributed by atoms with E-state index in [1.165, 1.54) is 36.4 Å². The van der Waals surface area contributed by atoms with Gasteiger partial charge in [-0.2, -0.15) is 13.2 Å². The number of carbonyl (C=O) groups is 1. The van der Waals surface area contributed by atoms with Crippen LogP contribution in [0.5, 0.6) is 0 Å². The molecule has 1 amide bonds. The largest absolute Gasteiger partial charge is 0.416 e. The molecular weight excluding hydrogens is 521 g/mol. The summed E-state index contributed by atoms with van der Waals surface area (Å²) in [6, 6.07) is 14.0. The first-order chi connectivity index (χ1) is 14.5. The number of amides is 1. The van der Waals surface area contributed by atoms with E-state index >= 15 is 0 Å². The fourth-order valence-electron chi connectivity index (χ4n) is 2.57. The first-order valence-electron chi connectivity index (χ1n) is 8.53. The Kier molecular flexibility index (Phi) is 6.63. The molecule has 0 aliphatic carbocycles. The zero-order valence-corrected chi connectivity index (χ0v) is 18.5. The van der Waals surface area contributed by atoms with Gasteiger partial charge >= 0.3 is 6.18 Å². The number of rotatable bonds is 5. The van der Waals surface area contributed by atoms with Crippen LogP contribution in [0, 0.1) is 0 Å². The van der Waals surface area contributed by atoms with Crippen molar-refractivity contribution < 1.29 is 26.4 Å². The second-order valence-electron chi connectivity index (χ2n) is 6.25. The molecule has 0 radical (unpaired) electrons. The van der Waals surface area contributed by atoms with Crippen LogP contribution in [0.25, 0.3) is 0 Å². The summed E-state index contributed by atoms with van der Waals surface area (Å²) >= 11 is 9.13. The number of anilines is 2. The molecule has 0 saturated heterocycles. The lowest BCUT2D eigenvalue weighted by Crippen LogP contribution is -2.19. The zero-order chi connectivity index (χ0) is 22.8. The molecule has 3 rings (SSSR count). The van der Waals surface area contributed by atoms with Gasteiger partial charge < -0.3 is 5.32 Å². The van der Waals surface area contributed by atoms with Crippen molar-refractivity contribution in [2.24, 2.45) is 0 Å². The van der Waals surface area contributed by atoms with E-state index in [-0.39, 0.29) is 26.9 Å². The Bertz CT molecular complexity index is 1230. The van der Waals surface area contributed by atoms with Crippen LogP contribution in [0.15, 0.2) is 76.1 Å². The minimum absolute atomic E-state index is 0.0353. The number of halogens is 5. The Labute approximate surface area is 189 Å². The smallest absolute Gasteiger partial charge is 0.321 e. The number of para-hydroxylation sites is 1. The molecule has 3 aromatic rings. The van der Waals surface area contributed by atoms with Gasteiger partial charge in [0.1, 0.15) is 0 Å². The minimum atomic E-state index is -4.62. The molecule has 31 heavy (non-hydrogen) atoms. The number of nitrogens with one attached hydrogen (secondary N) is 2. The molecule has 0 bridgehead atoms. The third-order valence-electron chi connectivity index (χ3n) is 4.08. The number of carbonyl (C=O) groups excluding carboxylic acids is 1. The van der Waals surface area contributed by atoms with Crippen LogP contribution in [0.3, 0.4) is 0 Å². The van der Waals surface area contributed by atoms with Crippen molar-refractivity contribution in [2.45, 2.75) is 11.1 Å². The van der Waals surface area contributed by atoms with Gasteiger partial charge in [-0.1, -0.05) is 39.7 Å². The number of hydrogen-bond acceptors (Lipinski definition) is 3. The maximum Gasteiger partial charge on any atom is 0.416 e. The molecule has 11 heteroatoms. The highest BCUT2D eigenvalue weighted by Gasteiger charge is 2.31. The third kappa shape index (κ3) is 5.57. The van der Waals surface area contributed by atoms with Gasteiger partial charge in [0.2, 0.25) is 0 Å². The molecule has 0 aliphatic rings. The molecule has 5 nitrogen and oxygen atoms in total. The van der Waals surface area contributed by atoms with E-state index in [0.29, 0.717) is 10.5 Å². The number of sulfonamides is 1. The van der Waals surface area contributed by atoms with Crippen LogP contribution in [-0.4, -0.2) is 14.3 Å². The fraction of sp³-hybridized carbons (Fsp3) is 0.0500. The lowest BCUT2D eigenvalue weighted by atomic mass is 10.1. The van der Waals surface area contributed by atoms with Crippen LogP contribution < -0.4 is 10.0 Å². The van der Waals surface area contributed by atoms with E-state index in [4.69, 9.17) is 11.6 Å². The van der Waals surface area contributed by atoms with Crippen molar-refractivity contribution >= 4 is 54.8 Å². The Morgan fingerprint density at radius 2 is 1.58 bits per heavy atom. The van der Waals surface area contributed by atoms with Crippen LogP contribution in [0.2, 0.25) is 5.02 Å². The van der Waals surface area contributed by atoms with E-state index in [0.717, 1.165) is 12.1 Å². The highest BCUT2D eigenvalue weighted by Crippen LogP contribution is 2.34. The Balaban J connectivity index is 1.90. The SMILES string of the molecule is O=C(Nc1cc(C(F)(F)F)ccc1Cl)c1ccccc1NS(=O)(=O)c1ccc(Br)cc1. The molecule has 3 aromatic carbocycles. The summed E-state index contributed by atoms with van der Waals surface area (Å²) in [7, 11) is -4.02. The lowest BCUT2D eigenvalue weighted by molar-refractivity contribution is -0.137. The summed E-state index contributed by atoms with van der Waals surface area (Å²) in [5.74, 6) is -0.838. The van der Waals surface area contributed by atoms with Crippen molar-refractivity contribution in [3.05, 3.63) is 87.4 Å². The summed E-state index contributed by atoms with van der Waals surface area (Å²) in [6.45, 7) is 0. The van der Waals surface area contributed by atoms with Crippen molar-refractivity contribution in [2.75, 3.05) is 10.0 Å². The molecule has 0 aromatic heterocycles. The van der Waals surface area contributed by atoms with E-state index in [2.05, 4.69) is 26.0 Å². The van der Waals surface area contributed by atoms with Crippen LogP contribution in [-0.2, 0) is 16.2 Å². The number of benzene rings is 3. The quantitative estimate of drug-likeness (QED) is 0.412. The van der Waals surface area contributed by atoms with Crippen LogP contribution in [0.1, 0.15) is 15.9 Å². The molecule has 0 aliphatic heterocycles. The zero-order valence-electron chi connectivity index (χ0n) is 15.4. The molecule has 0 saturated carbocycles. The third-order valence-corrected chi connectivity index (χ3v) is 6.32. The minimum Gasteiger partial charge on any atom is -0.321 e. The Hall–Kier alpha value is -2.56. The number of alkyl halides is 3. The maximum atomic E-state index is 13.0. The maximum absolute atomic E-state index is 13.0. The second-order valence-corrected chi connectivity index (χ2v) is 9.26. The van der Waals surface area contributed by atoms with E-state index in [9.17, 15) is 26.4 Å². The van der Waals surface area contributed by atoms with Gasteiger partial charge in [0.05, 0.1) is 32.4 Å². The van der Waals surface area contributed by atoms with Gasteiger partial charge in [-0.05, 0) is 54.6 Å². The normalized spacial score (nSPS) is 11.8.